The molecule has 0 spiro atoms. The third-order valence-corrected chi connectivity index (χ3v) is 3.54. The molecule has 0 saturated carbocycles. The summed E-state index contributed by atoms with van der Waals surface area (Å²) in [6.45, 7) is 9.03. The smallest absolute Gasteiger partial charge is 0.248 e. The van der Waals surface area contributed by atoms with Crippen LogP contribution in [0.2, 0.25) is 0 Å². The molecule has 1 aliphatic rings. The molecule has 0 bridgehead atoms. The lowest BCUT2D eigenvalue weighted by Crippen LogP contribution is -2.50. The number of nitrogens with zero attached hydrogens (tertiary/aromatic N) is 2. The van der Waals surface area contributed by atoms with E-state index in [-0.39, 0.29) is 18.1 Å². The molecule has 2 N–H and O–H groups in total. The molecule has 1 amide bonds. The number of carbonyl (C=O) groups is 1. The van der Waals surface area contributed by atoms with Crippen LogP contribution in [0.15, 0.2) is 24.3 Å². The largest absolute Gasteiger partial charge is 0.397 e. The molecule has 5 nitrogen and oxygen atoms in total. The van der Waals surface area contributed by atoms with Gasteiger partial charge in [-0.1, -0.05) is 12.1 Å². The summed E-state index contributed by atoms with van der Waals surface area (Å²) in [7, 11) is 0. The number of para-hydroxylation sites is 2. The van der Waals surface area contributed by atoms with Gasteiger partial charge in [0.2, 0.25) is 5.91 Å². The number of anilines is 2. The molecule has 1 saturated heterocycles. The van der Waals surface area contributed by atoms with Crippen LogP contribution in [0.4, 0.5) is 11.4 Å². The molecule has 0 atom stereocenters. The van der Waals surface area contributed by atoms with Gasteiger partial charge in [0.05, 0.1) is 17.0 Å². The number of rotatable bonds is 3. The molecule has 1 fully saturated rings. The summed E-state index contributed by atoms with van der Waals surface area (Å²) in [6.07, 6.45) is 0. The number of nitrogen functional groups attached to an aromatic ring is 1. The molecular formula is C16H25N3O2. The van der Waals surface area contributed by atoms with Crippen molar-refractivity contribution in [3.8, 4) is 0 Å². The van der Waals surface area contributed by atoms with Gasteiger partial charge in [-0.25, -0.2) is 0 Å². The molecule has 1 aliphatic heterocycles. The van der Waals surface area contributed by atoms with Crippen molar-refractivity contribution in [2.24, 2.45) is 0 Å². The fourth-order valence-corrected chi connectivity index (χ4v) is 2.34. The topological polar surface area (TPSA) is 58.8 Å². The van der Waals surface area contributed by atoms with Gasteiger partial charge < -0.3 is 20.3 Å². The highest BCUT2D eigenvalue weighted by Gasteiger charge is 2.23. The van der Waals surface area contributed by atoms with Gasteiger partial charge >= 0.3 is 0 Å². The van der Waals surface area contributed by atoms with E-state index in [4.69, 9.17) is 10.5 Å². The lowest BCUT2D eigenvalue weighted by molar-refractivity contribution is -0.141. The number of hydrogen-bond donors (Lipinski definition) is 1. The van der Waals surface area contributed by atoms with Crippen molar-refractivity contribution in [2.45, 2.75) is 26.4 Å². The lowest BCUT2D eigenvalue weighted by atomic mass is 10.2. The van der Waals surface area contributed by atoms with E-state index >= 15 is 0 Å². The maximum atomic E-state index is 12.1. The van der Waals surface area contributed by atoms with Crippen molar-refractivity contribution in [1.29, 1.82) is 0 Å². The van der Waals surface area contributed by atoms with Crippen LogP contribution in [-0.2, 0) is 9.53 Å². The number of benzene rings is 1. The summed E-state index contributed by atoms with van der Waals surface area (Å²) in [4.78, 5) is 16.2. The van der Waals surface area contributed by atoms with Crippen molar-refractivity contribution < 1.29 is 9.53 Å². The van der Waals surface area contributed by atoms with Crippen molar-refractivity contribution in [3.05, 3.63) is 24.3 Å². The molecule has 0 unspecified atom stereocenters. The quantitative estimate of drug-likeness (QED) is 0.862. The highest BCUT2D eigenvalue weighted by Crippen LogP contribution is 2.23. The molecule has 116 valence electrons. The number of nitrogens with two attached hydrogens (primary N) is 1. The first kappa shape index (κ1) is 15.6. The third kappa shape index (κ3) is 4.36. The van der Waals surface area contributed by atoms with Crippen LogP contribution in [0, 0.1) is 0 Å². The zero-order valence-corrected chi connectivity index (χ0v) is 13.1. The first-order chi connectivity index (χ1) is 9.87. The van der Waals surface area contributed by atoms with Crippen LogP contribution in [0.3, 0.4) is 0 Å². The first-order valence-electron chi connectivity index (χ1n) is 7.38. The van der Waals surface area contributed by atoms with Crippen LogP contribution < -0.4 is 10.6 Å². The van der Waals surface area contributed by atoms with Gasteiger partial charge in [0.15, 0.2) is 0 Å². The summed E-state index contributed by atoms with van der Waals surface area (Å²) in [5, 5.41) is 0. The molecule has 1 aromatic rings. The maximum absolute atomic E-state index is 12.1. The number of amides is 1. The summed E-state index contributed by atoms with van der Waals surface area (Å²) in [5.74, 6) is 0.0607. The summed E-state index contributed by atoms with van der Waals surface area (Å²) < 4.78 is 5.55. The second-order valence-corrected chi connectivity index (χ2v) is 6.33. The van der Waals surface area contributed by atoms with Crippen LogP contribution in [0.25, 0.3) is 0 Å². The minimum atomic E-state index is -0.282. The van der Waals surface area contributed by atoms with Crippen LogP contribution in [-0.4, -0.2) is 49.2 Å². The van der Waals surface area contributed by atoms with Crippen LogP contribution in [0.1, 0.15) is 20.8 Å². The number of hydrogen-bond acceptors (Lipinski definition) is 4. The first-order valence-corrected chi connectivity index (χ1v) is 7.38. The Balaban J connectivity index is 1.86. The van der Waals surface area contributed by atoms with Crippen molar-refractivity contribution in [1.82, 2.24) is 4.90 Å². The number of piperazine rings is 1. The minimum Gasteiger partial charge on any atom is -0.397 e. The Hall–Kier alpha value is -1.75. The molecular weight excluding hydrogens is 266 g/mol. The zero-order chi connectivity index (χ0) is 15.5. The molecule has 5 heteroatoms. The SMILES string of the molecule is CC(C)(C)OCC(=O)N1CCN(c2ccccc2N)CC1. The summed E-state index contributed by atoms with van der Waals surface area (Å²) >= 11 is 0. The Bertz CT molecular complexity index is 489. The average molecular weight is 291 g/mol. The average Bonchev–Trinajstić information content (AvgIpc) is 2.45. The highest BCUT2D eigenvalue weighted by molar-refractivity contribution is 5.78. The molecule has 1 aromatic carbocycles. The standard InChI is InChI=1S/C16H25N3O2/c1-16(2,3)21-12-15(20)19-10-8-18(9-11-19)14-7-5-4-6-13(14)17/h4-7H,8-12,17H2,1-3H3. The third-order valence-electron chi connectivity index (χ3n) is 3.54. The van der Waals surface area contributed by atoms with Gasteiger partial charge in [0, 0.05) is 26.2 Å². The minimum absolute atomic E-state index is 0.0607. The van der Waals surface area contributed by atoms with Gasteiger partial charge in [-0.05, 0) is 32.9 Å². The predicted octanol–water partition coefficient (Wildman–Crippen LogP) is 1.73. The number of ether oxygens (including phenoxy) is 1. The Kier molecular flexibility index (Phi) is 4.73. The fraction of sp³-hybridized carbons (Fsp3) is 0.562. The Morgan fingerprint density at radius 1 is 1.19 bits per heavy atom. The predicted molar refractivity (Wildman–Crippen MR) is 85.4 cm³/mol. The number of carbonyl (C=O) groups excluding carboxylic acids is 1. The van der Waals surface area contributed by atoms with Gasteiger partial charge in [0.25, 0.3) is 0 Å². The van der Waals surface area contributed by atoms with Gasteiger partial charge in [-0.2, -0.15) is 0 Å². The maximum Gasteiger partial charge on any atom is 0.248 e. The van der Waals surface area contributed by atoms with E-state index in [1.165, 1.54) is 0 Å². The van der Waals surface area contributed by atoms with E-state index in [0.717, 1.165) is 24.5 Å². The van der Waals surface area contributed by atoms with E-state index in [9.17, 15) is 4.79 Å². The van der Waals surface area contributed by atoms with Gasteiger partial charge in [-0.15, -0.1) is 0 Å². The Labute approximate surface area is 126 Å². The molecule has 1 heterocycles. The van der Waals surface area contributed by atoms with E-state index in [2.05, 4.69) is 4.90 Å². The van der Waals surface area contributed by atoms with Gasteiger partial charge in [0.1, 0.15) is 6.61 Å². The van der Waals surface area contributed by atoms with Gasteiger partial charge in [-0.3, -0.25) is 4.79 Å². The molecule has 0 aromatic heterocycles. The second kappa shape index (κ2) is 6.35. The molecule has 0 aliphatic carbocycles. The summed E-state index contributed by atoms with van der Waals surface area (Å²) in [6, 6.07) is 7.85. The van der Waals surface area contributed by atoms with E-state index in [1.54, 1.807) is 0 Å². The van der Waals surface area contributed by atoms with Crippen molar-refractivity contribution in [2.75, 3.05) is 43.4 Å². The Morgan fingerprint density at radius 3 is 2.38 bits per heavy atom. The lowest BCUT2D eigenvalue weighted by Gasteiger charge is -2.37. The zero-order valence-electron chi connectivity index (χ0n) is 13.1. The van der Waals surface area contributed by atoms with E-state index in [1.807, 2.05) is 49.9 Å². The summed E-state index contributed by atoms with van der Waals surface area (Å²) in [5.41, 5.74) is 7.55. The van der Waals surface area contributed by atoms with E-state index < -0.39 is 0 Å². The van der Waals surface area contributed by atoms with Crippen LogP contribution in [0.5, 0.6) is 0 Å². The molecule has 21 heavy (non-hydrogen) atoms. The highest BCUT2D eigenvalue weighted by atomic mass is 16.5. The molecule has 0 radical (unpaired) electrons. The van der Waals surface area contributed by atoms with E-state index in [0.29, 0.717) is 13.1 Å². The van der Waals surface area contributed by atoms with Crippen molar-refractivity contribution >= 4 is 17.3 Å². The van der Waals surface area contributed by atoms with Crippen molar-refractivity contribution in [3.63, 3.8) is 0 Å². The second-order valence-electron chi connectivity index (χ2n) is 6.33. The monoisotopic (exact) mass is 291 g/mol. The van der Waals surface area contributed by atoms with Crippen LogP contribution >= 0.6 is 0 Å². The Morgan fingerprint density at radius 2 is 1.81 bits per heavy atom. The molecule has 2 rings (SSSR count). The normalized spacial score (nSPS) is 16.1. The fourth-order valence-electron chi connectivity index (χ4n) is 2.34.